The number of ether oxygens (including phenoxy) is 1. The molecule has 1 atom stereocenters. The van der Waals surface area contributed by atoms with E-state index in [1.165, 1.54) is 12.4 Å². The summed E-state index contributed by atoms with van der Waals surface area (Å²) in [5.41, 5.74) is -2.37. The highest BCUT2D eigenvalue weighted by Gasteiger charge is 2.50. The molecule has 0 amide bonds. The van der Waals surface area contributed by atoms with Gasteiger partial charge in [-0.05, 0) is 6.92 Å². The number of aliphatic hydroxyl groups is 1. The summed E-state index contributed by atoms with van der Waals surface area (Å²) in [6.07, 6.45) is 3.02. The Kier molecular flexibility index (Phi) is 4.78. The molecule has 0 aliphatic rings. The zero-order chi connectivity index (χ0) is 16.5. The monoisotopic (exact) mass is 294 g/mol. The molecule has 1 heterocycles. The molecule has 1 rings (SSSR count). The lowest BCUT2D eigenvalue weighted by Crippen LogP contribution is -2.48. The number of hydrogen-bond donors (Lipinski definition) is 1. The van der Waals surface area contributed by atoms with Crippen molar-refractivity contribution < 1.29 is 14.6 Å². The van der Waals surface area contributed by atoms with E-state index in [9.17, 15) is 9.90 Å². The van der Waals surface area contributed by atoms with Gasteiger partial charge in [-0.1, -0.05) is 41.5 Å². The molecule has 1 aromatic rings. The maximum absolute atomic E-state index is 12.3. The lowest BCUT2D eigenvalue weighted by molar-refractivity contribution is -0.180. The van der Waals surface area contributed by atoms with Gasteiger partial charge in [-0.2, -0.15) is 0 Å². The van der Waals surface area contributed by atoms with Crippen molar-refractivity contribution in [1.82, 2.24) is 9.97 Å². The fourth-order valence-electron chi connectivity index (χ4n) is 1.99. The Morgan fingerprint density at radius 1 is 1.14 bits per heavy atom. The summed E-state index contributed by atoms with van der Waals surface area (Å²) in [7, 11) is 0. The molecular weight excluding hydrogens is 268 g/mol. The van der Waals surface area contributed by atoms with Gasteiger partial charge in [0.1, 0.15) is 5.82 Å². The summed E-state index contributed by atoms with van der Waals surface area (Å²) < 4.78 is 5.04. The van der Waals surface area contributed by atoms with E-state index in [1.807, 2.05) is 20.8 Å². The molecule has 5 heteroatoms. The zero-order valence-corrected chi connectivity index (χ0v) is 14.0. The van der Waals surface area contributed by atoms with E-state index in [4.69, 9.17) is 4.74 Å². The largest absolute Gasteiger partial charge is 0.464 e. The molecule has 1 aromatic heterocycles. The minimum absolute atomic E-state index is 0.192. The maximum atomic E-state index is 12.3. The average Bonchev–Trinajstić information content (AvgIpc) is 2.35. The Balaban J connectivity index is 3.32. The van der Waals surface area contributed by atoms with Crippen LogP contribution in [0.4, 0.5) is 0 Å². The van der Waals surface area contributed by atoms with E-state index >= 15 is 0 Å². The number of rotatable bonds is 3. The average molecular weight is 294 g/mol. The van der Waals surface area contributed by atoms with Crippen molar-refractivity contribution >= 4 is 5.97 Å². The quantitative estimate of drug-likeness (QED) is 0.867. The van der Waals surface area contributed by atoms with E-state index in [0.29, 0.717) is 11.4 Å². The molecule has 0 saturated carbocycles. The Bertz CT molecular complexity index is 498. The number of esters is 1. The van der Waals surface area contributed by atoms with Crippen LogP contribution in [0.1, 0.15) is 59.9 Å². The number of carbonyl (C=O) groups excluding carboxylic acids is 1. The molecule has 0 spiro atoms. The van der Waals surface area contributed by atoms with Crippen LogP contribution in [0.3, 0.4) is 0 Å². The van der Waals surface area contributed by atoms with Crippen molar-refractivity contribution in [3.63, 3.8) is 0 Å². The van der Waals surface area contributed by atoms with Crippen LogP contribution in [0.2, 0.25) is 0 Å². The SMILES string of the molecule is CCOC(=O)C(O)(c1cnc(C(C)(C)C)nc1)C(C)(C)C. The molecule has 21 heavy (non-hydrogen) atoms. The lowest BCUT2D eigenvalue weighted by atomic mass is 9.73. The first-order valence-corrected chi connectivity index (χ1v) is 7.17. The second-order valence-electron chi connectivity index (χ2n) is 7.23. The van der Waals surface area contributed by atoms with Gasteiger partial charge in [-0.15, -0.1) is 0 Å². The molecular formula is C16H26N2O3. The van der Waals surface area contributed by atoms with Gasteiger partial charge in [0.25, 0.3) is 0 Å². The minimum Gasteiger partial charge on any atom is -0.464 e. The summed E-state index contributed by atoms with van der Waals surface area (Å²) in [6, 6.07) is 0. The van der Waals surface area contributed by atoms with Crippen molar-refractivity contribution in [2.24, 2.45) is 5.41 Å². The van der Waals surface area contributed by atoms with Crippen molar-refractivity contribution in [1.29, 1.82) is 0 Å². The van der Waals surface area contributed by atoms with Gasteiger partial charge in [0, 0.05) is 28.8 Å². The Morgan fingerprint density at radius 3 is 1.95 bits per heavy atom. The molecule has 118 valence electrons. The predicted molar refractivity (Wildman–Crippen MR) is 80.7 cm³/mol. The first kappa shape index (κ1) is 17.6. The second-order valence-corrected chi connectivity index (χ2v) is 7.23. The van der Waals surface area contributed by atoms with Crippen LogP contribution in [0.5, 0.6) is 0 Å². The standard InChI is InChI=1S/C16H26N2O3/c1-8-21-13(19)16(20,15(5,6)7)11-9-17-12(18-10-11)14(2,3)4/h9-10,20H,8H2,1-7H3. The topological polar surface area (TPSA) is 72.3 Å². The molecule has 5 nitrogen and oxygen atoms in total. The summed E-state index contributed by atoms with van der Waals surface area (Å²) in [5, 5.41) is 11.0. The predicted octanol–water partition coefficient (Wildman–Crippen LogP) is 2.57. The number of carbonyl (C=O) groups is 1. The first-order valence-electron chi connectivity index (χ1n) is 7.17. The molecule has 0 fully saturated rings. The van der Waals surface area contributed by atoms with Crippen molar-refractivity contribution in [2.45, 2.75) is 59.5 Å². The Hall–Kier alpha value is -1.49. The molecule has 0 saturated heterocycles. The van der Waals surface area contributed by atoms with Gasteiger partial charge in [-0.3, -0.25) is 0 Å². The highest BCUT2D eigenvalue weighted by Crippen LogP contribution is 2.40. The van der Waals surface area contributed by atoms with Crippen LogP contribution in [0.15, 0.2) is 12.4 Å². The summed E-state index contributed by atoms with van der Waals surface area (Å²) in [6.45, 7) is 13.3. The van der Waals surface area contributed by atoms with Gasteiger partial charge in [0.05, 0.1) is 6.61 Å². The summed E-state index contributed by atoms with van der Waals surface area (Å²) in [4.78, 5) is 20.9. The number of nitrogens with zero attached hydrogens (tertiary/aromatic N) is 2. The van der Waals surface area contributed by atoms with Gasteiger partial charge >= 0.3 is 5.97 Å². The fraction of sp³-hybridized carbons (Fsp3) is 0.688. The van der Waals surface area contributed by atoms with E-state index in [2.05, 4.69) is 9.97 Å². The van der Waals surface area contributed by atoms with Crippen LogP contribution in [0.25, 0.3) is 0 Å². The van der Waals surface area contributed by atoms with Crippen LogP contribution in [-0.4, -0.2) is 27.7 Å². The van der Waals surface area contributed by atoms with E-state index in [-0.39, 0.29) is 12.0 Å². The van der Waals surface area contributed by atoms with Crippen LogP contribution >= 0.6 is 0 Å². The van der Waals surface area contributed by atoms with E-state index < -0.39 is 17.0 Å². The second kappa shape index (κ2) is 5.72. The highest BCUT2D eigenvalue weighted by molar-refractivity contribution is 5.82. The molecule has 0 radical (unpaired) electrons. The minimum atomic E-state index is -1.78. The number of hydrogen-bond acceptors (Lipinski definition) is 5. The zero-order valence-electron chi connectivity index (χ0n) is 14.0. The molecule has 0 bridgehead atoms. The molecule has 0 aliphatic heterocycles. The molecule has 0 aromatic carbocycles. The van der Waals surface area contributed by atoms with E-state index in [1.54, 1.807) is 27.7 Å². The van der Waals surface area contributed by atoms with Crippen molar-refractivity contribution in [3.8, 4) is 0 Å². The van der Waals surface area contributed by atoms with Crippen LogP contribution in [-0.2, 0) is 20.5 Å². The van der Waals surface area contributed by atoms with Gasteiger partial charge < -0.3 is 9.84 Å². The van der Waals surface area contributed by atoms with Crippen molar-refractivity contribution in [2.75, 3.05) is 6.61 Å². The third-order valence-electron chi connectivity index (χ3n) is 3.40. The van der Waals surface area contributed by atoms with Crippen LogP contribution < -0.4 is 0 Å². The number of aromatic nitrogens is 2. The molecule has 1 unspecified atom stereocenters. The smallest absolute Gasteiger partial charge is 0.343 e. The van der Waals surface area contributed by atoms with E-state index in [0.717, 1.165) is 0 Å². The van der Waals surface area contributed by atoms with Gasteiger partial charge in [0.2, 0.25) is 0 Å². The van der Waals surface area contributed by atoms with Crippen molar-refractivity contribution in [3.05, 3.63) is 23.8 Å². The fourth-order valence-corrected chi connectivity index (χ4v) is 1.99. The summed E-state index contributed by atoms with van der Waals surface area (Å²) in [5.74, 6) is -0.0176. The summed E-state index contributed by atoms with van der Waals surface area (Å²) >= 11 is 0. The molecule has 0 aliphatic carbocycles. The van der Waals surface area contributed by atoms with Gasteiger partial charge in [-0.25, -0.2) is 14.8 Å². The highest BCUT2D eigenvalue weighted by atomic mass is 16.5. The Labute approximate surface area is 126 Å². The van der Waals surface area contributed by atoms with Crippen LogP contribution in [0, 0.1) is 5.41 Å². The van der Waals surface area contributed by atoms with Gasteiger partial charge in [0.15, 0.2) is 5.60 Å². The third kappa shape index (κ3) is 3.40. The first-order chi connectivity index (χ1) is 9.44. The maximum Gasteiger partial charge on any atom is 0.343 e. The normalized spacial score (nSPS) is 15.4. The third-order valence-corrected chi connectivity index (χ3v) is 3.40. The lowest BCUT2D eigenvalue weighted by Gasteiger charge is -2.37. The molecule has 1 N–H and O–H groups in total. The Morgan fingerprint density at radius 2 is 1.62 bits per heavy atom.